The normalized spacial score (nSPS) is 12.6. The number of carbonyl (C=O) groups excluding carboxylic acids is 1. The summed E-state index contributed by atoms with van der Waals surface area (Å²) in [5.41, 5.74) is 7.67. The first-order valence-electron chi connectivity index (χ1n) is 7.01. The summed E-state index contributed by atoms with van der Waals surface area (Å²) in [5.74, 6) is 1.01. The quantitative estimate of drug-likeness (QED) is 0.912. The molecule has 2 N–H and O–H groups in total. The van der Waals surface area contributed by atoms with Gasteiger partial charge in [-0.15, -0.1) is 0 Å². The maximum Gasteiger partial charge on any atom is 0.224 e. The fourth-order valence-electron chi connectivity index (χ4n) is 2.37. The van der Waals surface area contributed by atoms with Crippen LogP contribution in [-0.2, 0) is 17.8 Å². The van der Waals surface area contributed by atoms with Gasteiger partial charge in [-0.25, -0.2) is 0 Å². The number of carbonyl (C=O) groups is 1. The zero-order valence-electron chi connectivity index (χ0n) is 12.3. The van der Waals surface area contributed by atoms with E-state index in [4.69, 9.17) is 10.2 Å². The van der Waals surface area contributed by atoms with E-state index in [9.17, 15) is 4.79 Å². The Morgan fingerprint density at radius 2 is 2.10 bits per heavy atom. The van der Waals surface area contributed by atoms with E-state index in [0.717, 1.165) is 28.7 Å². The van der Waals surface area contributed by atoms with Gasteiger partial charge in [0.05, 0.1) is 0 Å². The molecule has 0 radical (unpaired) electrons. The first-order chi connectivity index (χ1) is 9.52. The fourth-order valence-corrected chi connectivity index (χ4v) is 2.37. The maximum atomic E-state index is 12.0. The number of aryl methyl sites for hydroxylation is 1. The molecule has 1 heterocycles. The van der Waals surface area contributed by atoms with Crippen molar-refractivity contribution in [2.24, 2.45) is 5.73 Å². The van der Waals surface area contributed by atoms with Gasteiger partial charge in [0.25, 0.3) is 0 Å². The van der Waals surface area contributed by atoms with Crippen LogP contribution in [0.5, 0.6) is 0 Å². The molecule has 0 aliphatic carbocycles. The number of nitrogens with zero attached hydrogens (tertiary/aromatic N) is 1. The van der Waals surface area contributed by atoms with Crippen LogP contribution in [0, 0.1) is 0 Å². The molecule has 1 amide bonds. The summed E-state index contributed by atoms with van der Waals surface area (Å²) in [6.45, 7) is 4.47. The molecule has 2 aromatic rings. The molecule has 2 rings (SSSR count). The number of fused-ring (bicyclic) bond motifs is 1. The van der Waals surface area contributed by atoms with Gasteiger partial charge < -0.3 is 15.1 Å². The molecule has 0 saturated heterocycles. The minimum absolute atomic E-state index is 0.0623. The highest BCUT2D eigenvalue weighted by molar-refractivity contribution is 5.83. The van der Waals surface area contributed by atoms with E-state index in [1.165, 1.54) is 0 Å². The minimum atomic E-state index is -0.114. The average molecular weight is 274 g/mol. The van der Waals surface area contributed by atoms with Gasteiger partial charge in [0, 0.05) is 43.4 Å². The largest absolute Gasteiger partial charge is 0.461 e. The Labute approximate surface area is 119 Å². The lowest BCUT2D eigenvalue weighted by Crippen LogP contribution is -2.31. The van der Waals surface area contributed by atoms with Gasteiger partial charge in [-0.1, -0.05) is 25.1 Å². The monoisotopic (exact) mass is 274 g/mol. The van der Waals surface area contributed by atoms with Crippen LogP contribution < -0.4 is 5.73 Å². The van der Waals surface area contributed by atoms with Crippen LogP contribution in [0.2, 0.25) is 0 Å². The maximum absolute atomic E-state index is 12.0. The number of amides is 1. The summed E-state index contributed by atoms with van der Waals surface area (Å²) >= 11 is 0. The molecule has 1 aromatic heterocycles. The van der Waals surface area contributed by atoms with E-state index >= 15 is 0 Å². The third-order valence-electron chi connectivity index (χ3n) is 3.42. The molecule has 4 heteroatoms. The van der Waals surface area contributed by atoms with Gasteiger partial charge in [0.2, 0.25) is 5.91 Å². The third-order valence-corrected chi connectivity index (χ3v) is 3.42. The summed E-state index contributed by atoms with van der Waals surface area (Å²) < 4.78 is 5.85. The van der Waals surface area contributed by atoms with Crippen molar-refractivity contribution in [2.45, 2.75) is 39.3 Å². The predicted molar refractivity (Wildman–Crippen MR) is 80.3 cm³/mol. The summed E-state index contributed by atoms with van der Waals surface area (Å²) in [5, 5.41) is 1.09. The Morgan fingerprint density at radius 3 is 2.75 bits per heavy atom. The second-order valence-electron chi connectivity index (χ2n) is 5.28. The van der Waals surface area contributed by atoms with Gasteiger partial charge in [-0.05, 0) is 13.0 Å². The van der Waals surface area contributed by atoms with Gasteiger partial charge in [-0.3, -0.25) is 4.79 Å². The number of hydrogen-bond donors (Lipinski definition) is 1. The Morgan fingerprint density at radius 1 is 1.40 bits per heavy atom. The predicted octanol–water partition coefficient (Wildman–Crippen LogP) is 2.69. The van der Waals surface area contributed by atoms with Gasteiger partial charge in [-0.2, -0.15) is 0 Å². The molecular formula is C16H22N2O2. The molecule has 0 saturated carbocycles. The number of nitrogens with two attached hydrogens (primary N) is 1. The lowest BCUT2D eigenvalue weighted by molar-refractivity contribution is -0.130. The summed E-state index contributed by atoms with van der Waals surface area (Å²) in [7, 11) is 1.81. The van der Waals surface area contributed by atoms with Crippen LogP contribution >= 0.6 is 0 Å². The van der Waals surface area contributed by atoms with Crippen LogP contribution in [0.4, 0.5) is 0 Å². The van der Waals surface area contributed by atoms with Gasteiger partial charge >= 0.3 is 0 Å². The smallest absolute Gasteiger partial charge is 0.224 e. The summed E-state index contributed by atoms with van der Waals surface area (Å²) in [6, 6.07) is 7.83. The third kappa shape index (κ3) is 3.02. The van der Waals surface area contributed by atoms with E-state index in [0.29, 0.717) is 13.0 Å². The van der Waals surface area contributed by atoms with Crippen LogP contribution in [0.15, 0.2) is 28.7 Å². The second kappa shape index (κ2) is 6.09. The van der Waals surface area contributed by atoms with Gasteiger partial charge in [0.15, 0.2) is 0 Å². The lowest BCUT2D eigenvalue weighted by Gasteiger charge is -2.18. The molecule has 1 aromatic carbocycles. The summed E-state index contributed by atoms with van der Waals surface area (Å²) in [4.78, 5) is 13.8. The highest BCUT2D eigenvalue weighted by Crippen LogP contribution is 2.27. The zero-order valence-corrected chi connectivity index (χ0v) is 12.3. The zero-order chi connectivity index (χ0) is 14.7. The van der Waals surface area contributed by atoms with Gasteiger partial charge in [0.1, 0.15) is 11.3 Å². The van der Waals surface area contributed by atoms with Crippen molar-refractivity contribution in [3.05, 3.63) is 35.6 Å². The number of benzene rings is 1. The van der Waals surface area contributed by atoms with Crippen LogP contribution in [0.1, 0.15) is 31.6 Å². The molecule has 1 unspecified atom stereocenters. The van der Waals surface area contributed by atoms with Crippen molar-refractivity contribution in [1.82, 2.24) is 4.90 Å². The Kier molecular flexibility index (Phi) is 4.45. The first kappa shape index (κ1) is 14.6. The average Bonchev–Trinajstić information content (AvgIpc) is 2.76. The number of furan rings is 1. The van der Waals surface area contributed by atoms with Crippen LogP contribution in [-0.4, -0.2) is 23.9 Å². The number of hydrogen-bond acceptors (Lipinski definition) is 3. The molecule has 20 heavy (non-hydrogen) atoms. The Hall–Kier alpha value is -1.81. The van der Waals surface area contributed by atoms with E-state index in [1.807, 2.05) is 38.2 Å². The standard InChI is InChI=1S/C16H22N2O2/c1-4-14-13(10-18(3)16(19)9-11(2)17)12-7-5-6-8-15(12)20-14/h5-8,11H,4,9-10,17H2,1-3H3. The molecular weight excluding hydrogens is 252 g/mol. The lowest BCUT2D eigenvalue weighted by atomic mass is 10.1. The number of para-hydroxylation sites is 1. The highest BCUT2D eigenvalue weighted by Gasteiger charge is 2.17. The van der Waals surface area contributed by atoms with E-state index in [2.05, 4.69) is 6.92 Å². The molecule has 108 valence electrons. The summed E-state index contributed by atoms with van der Waals surface area (Å²) in [6.07, 6.45) is 1.19. The van der Waals surface area contributed by atoms with Crippen LogP contribution in [0.3, 0.4) is 0 Å². The van der Waals surface area contributed by atoms with Crippen LogP contribution in [0.25, 0.3) is 11.0 Å². The fraction of sp³-hybridized carbons (Fsp3) is 0.438. The molecule has 1 atom stereocenters. The topological polar surface area (TPSA) is 59.5 Å². The van der Waals surface area contributed by atoms with E-state index < -0.39 is 0 Å². The van der Waals surface area contributed by atoms with Crippen molar-refractivity contribution < 1.29 is 9.21 Å². The highest BCUT2D eigenvalue weighted by atomic mass is 16.3. The molecule has 0 aliphatic rings. The van der Waals surface area contributed by atoms with Crippen molar-refractivity contribution in [3.8, 4) is 0 Å². The van der Waals surface area contributed by atoms with Crippen molar-refractivity contribution in [1.29, 1.82) is 0 Å². The molecule has 0 bridgehead atoms. The molecule has 0 aliphatic heterocycles. The SMILES string of the molecule is CCc1oc2ccccc2c1CN(C)C(=O)CC(C)N. The molecule has 4 nitrogen and oxygen atoms in total. The van der Waals surface area contributed by atoms with E-state index in [-0.39, 0.29) is 11.9 Å². The number of rotatable bonds is 5. The second-order valence-corrected chi connectivity index (χ2v) is 5.28. The molecule has 0 fully saturated rings. The van der Waals surface area contributed by atoms with Crippen molar-refractivity contribution in [3.63, 3.8) is 0 Å². The minimum Gasteiger partial charge on any atom is -0.461 e. The molecule has 0 spiro atoms. The Balaban J connectivity index is 2.26. The van der Waals surface area contributed by atoms with Crippen molar-refractivity contribution >= 4 is 16.9 Å². The van der Waals surface area contributed by atoms with E-state index in [1.54, 1.807) is 4.90 Å². The van der Waals surface area contributed by atoms with Crippen molar-refractivity contribution in [2.75, 3.05) is 7.05 Å². The Bertz CT molecular complexity index is 602. The first-order valence-corrected chi connectivity index (χ1v) is 7.01.